The number of aromatic amines is 1. The molecule has 2 aromatic heterocycles. The van der Waals surface area contributed by atoms with E-state index < -0.39 is 0 Å². The lowest BCUT2D eigenvalue weighted by Gasteiger charge is -2.07. The molecule has 0 amide bonds. The van der Waals surface area contributed by atoms with E-state index in [0.29, 0.717) is 0 Å². The Morgan fingerprint density at radius 1 is 1.27 bits per heavy atom. The van der Waals surface area contributed by atoms with Gasteiger partial charge in [-0.1, -0.05) is 6.08 Å². The number of hydrogen-bond donors (Lipinski definition) is 1. The lowest BCUT2D eigenvalue weighted by molar-refractivity contribution is 0.804. The van der Waals surface area contributed by atoms with Crippen LogP contribution in [0.25, 0.3) is 11.4 Å². The quantitative estimate of drug-likeness (QED) is 0.734. The van der Waals surface area contributed by atoms with Crippen molar-refractivity contribution in [2.24, 2.45) is 0 Å². The fourth-order valence-electron chi connectivity index (χ4n) is 1.83. The smallest absolute Gasteiger partial charge is 0.0650 e. The maximum Gasteiger partial charge on any atom is 0.0650 e. The second kappa shape index (κ2) is 3.81. The molecule has 0 saturated carbocycles. The van der Waals surface area contributed by atoms with E-state index in [1.165, 1.54) is 22.8 Å². The Kier molecular flexibility index (Phi) is 2.50. The molecule has 2 aromatic rings. The lowest BCUT2D eigenvalue weighted by atomic mass is 10.3. The maximum atomic E-state index is 3.79. The van der Waals surface area contributed by atoms with E-state index in [0.717, 1.165) is 6.54 Å². The number of rotatable bonds is 3. The number of aromatic nitrogens is 2. The van der Waals surface area contributed by atoms with Crippen molar-refractivity contribution in [3.05, 3.63) is 48.3 Å². The highest BCUT2D eigenvalue weighted by atomic mass is 15.0. The highest BCUT2D eigenvalue weighted by Crippen LogP contribution is 2.21. The molecule has 0 aliphatic rings. The molecule has 0 bridgehead atoms. The average molecular weight is 200 g/mol. The van der Waals surface area contributed by atoms with E-state index >= 15 is 0 Å². The lowest BCUT2D eigenvalue weighted by Crippen LogP contribution is -1.99. The molecular formula is C13H16N2. The van der Waals surface area contributed by atoms with Crippen molar-refractivity contribution >= 4 is 0 Å². The van der Waals surface area contributed by atoms with Gasteiger partial charge >= 0.3 is 0 Å². The first-order chi connectivity index (χ1) is 7.22. The zero-order valence-corrected chi connectivity index (χ0v) is 9.25. The van der Waals surface area contributed by atoms with Crippen LogP contribution in [0.15, 0.2) is 36.9 Å². The van der Waals surface area contributed by atoms with Gasteiger partial charge in [0.2, 0.25) is 0 Å². The summed E-state index contributed by atoms with van der Waals surface area (Å²) in [4.78, 5) is 3.35. The van der Waals surface area contributed by atoms with E-state index in [1.807, 2.05) is 6.08 Å². The van der Waals surface area contributed by atoms with Crippen LogP contribution in [0.1, 0.15) is 11.4 Å². The number of nitrogens with one attached hydrogen (secondary N) is 1. The van der Waals surface area contributed by atoms with E-state index in [1.54, 1.807) is 0 Å². The predicted molar refractivity (Wildman–Crippen MR) is 63.9 cm³/mol. The van der Waals surface area contributed by atoms with Gasteiger partial charge in [0, 0.05) is 17.9 Å². The summed E-state index contributed by atoms with van der Waals surface area (Å²) in [7, 11) is 0. The molecule has 15 heavy (non-hydrogen) atoms. The number of allylic oxidation sites excluding steroid dienone is 1. The van der Waals surface area contributed by atoms with E-state index in [9.17, 15) is 0 Å². The Balaban J connectivity index is 2.48. The van der Waals surface area contributed by atoms with Crippen molar-refractivity contribution < 1.29 is 0 Å². The Hall–Kier alpha value is -1.70. The molecule has 0 unspecified atom stereocenters. The molecule has 78 valence electrons. The van der Waals surface area contributed by atoms with Gasteiger partial charge in [-0.3, -0.25) is 0 Å². The molecule has 2 heterocycles. The van der Waals surface area contributed by atoms with Crippen LogP contribution in [-0.4, -0.2) is 9.55 Å². The second-order valence-electron chi connectivity index (χ2n) is 3.81. The number of hydrogen-bond acceptors (Lipinski definition) is 0. The van der Waals surface area contributed by atoms with Crippen LogP contribution >= 0.6 is 0 Å². The van der Waals surface area contributed by atoms with Crippen molar-refractivity contribution in [3.8, 4) is 11.4 Å². The maximum absolute atomic E-state index is 3.79. The monoisotopic (exact) mass is 200 g/mol. The van der Waals surface area contributed by atoms with E-state index in [4.69, 9.17) is 0 Å². The normalized spacial score (nSPS) is 10.5. The van der Waals surface area contributed by atoms with Gasteiger partial charge in [0.15, 0.2) is 0 Å². The first-order valence-corrected chi connectivity index (χ1v) is 5.15. The van der Waals surface area contributed by atoms with Crippen LogP contribution in [0, 0.1) is 13.8 Å². The fraction of sp³-hybridized carbons (Fsp3) is 0.231. The van der Waals surface area contributed by atoms with Gasteiger partial charge in [0.05, 0.1) is 11.4 Å². The minimum Gasteiger partial charge on any atom is -0.357 e. The number of nitrogens with zero attached hydrogens (tertiary/aromatic N) is 1. The van der Waals surface area contributed by atoms with Crippen LogP contribution in [0.5, 0.6) is 0 Å². The Bertz CT molecular complexity index is 474. The summed E-state index contributed by atoms with van der Waals surface area (Å²) in [5.41, 5.74) is 4.84. The molecule has 0 saturated heterocycles. The molecule has 1 N–H and O–H groups in total. The summed E-state index contributed by atoms with van der Waals surface area (Å²) in [5.74, 6) is 0. The van der Waals surface area contributed by atoms with Crippen molar-refractivity contribution in [2.45, 2.75) is 20.4 Å². The minimum absolute atomic E-state index is 0.853. The molecule has 2 rings (SSSR count). The van der Waals surface area contributed by atoms with Crippen LogP contribution in [0.2, 0.25) is 0 Å². The SMILES string of the molecule is C=CCn1c(C)ccc1-c1ccc(C)[nH]1. The summed E-state index contributed by atoms with van der Waals surface area (Å²) >= 11 is 0. The van der Waals surface area contributed by atoms with Gasteiger partial charge in [-0.2, -0.15) is 0 Å². The molecule has 0 aliphatic heterocycles. The van der Waals surface area contributed by atoms with Crippen molar-refractivity contribution in [1.82, 2.24) is 9.55 Å². The van der Waals surface area contributed by atoms with Crippen molar-refractivity contribution in [2.75, 3.05) is 0 Å². The van der Waals surface area contributed by atoms with Gasteiger partial charge in [-0.05, 0) is 38.1 Å². The second-order valence-corrected chi connectivity index (χ2v) is 3.81. The van der Waals surface area contributed by atoms with Gasteiger partial charge in [0.25, 0.3) is 0 Å². The third-order valence-corrected chi connectivity index (χ3v) is 2.62. The summed E-state index contributed by atoms with van der Waals surface area (Å²) in [6.45, 7) is 8.82. The summed E-state index contributed by atoms with van der Waals surface area (Å²) < 4.78 is 2.25. The van der Waals surface area contributed by atoms with E-state index in [2.05, 4.69) is 54.2 Å². The van der Waals surface area contributed by atoms with E-state index in [-0.39, 0.29) is 0 Å². The van der Waals surface area contributed by atoms with Gasteiger partial charge in [0.1, 0.15) is 0 Å². The molecule has 0 spiro atoms. The summed E-state index contributed by atoms with van der Waals surface area (Å²) in [6, 6.07) is 8.48. The van der Waals surface area contributed by atoms with Crippen LogP contribution in [0.4, 0.5) is 0 Å². The molecular weight excluding hydrogens is 184 g/mol. The number of H-pyrrole nitrogens is 1. The van der Waals surface area contributed by atoms with Gasteiger partial charge in [-0.25, -0.2) is 0 Å². The number of aryl methyl sites for hydroxylation is 2. The average Bonchev–Trinajstić information content (AvgIpc) is 2.76. The highest BCUT2D eigenvalue weighted by Gasteiger charge is 2.06. The predicted octanol–water partition coefficient (Wildman–Crippen LogP) is 3.29. The zero-order valence-electron chi connectivity index (χ0n) is 9.25. The zero-order chi connectivity index (χ0) is 10.8. The standard InChI is InChI=1S/C13H16N2/c1-4-9-15-11(3)6-8-13(15)12-7-5-10(2)14-12/h4-8,14H,1,9H2,2-3H3. The van der Waals surface area contributed by atoms with Crippen LogP contribution < -0.4 is 0 Å². The highest BCUT2D eigenvalue weighted by molar-refractivity contribution is 5.57. The fourth-order valence-corrected chi connectivity index (χ4v) is 1.83. The molecule has 0 aliphatic carbocycles. The molecule has 0 atom stereocenters. The molecule has 0 fully saturated rings. The molecule has 0 radical (unpaired) electrons. The third kappa shape index (κ3) is 1.75. The molecule has 0 aromatic carbocycles. The van der Waals surface area contributed by atoms with Crippen molar-refractivity contribution in [3.63, 3.8) is 0 Å². The summed E-state index contributed by atoms with van der Waals surface area (Å²) in [5, 5.41) is 0. The Morgan fingerprint density at radius 3 is 2.67 bits per heavy atom. The molecule has 2 nitrogen and oxygen atoms in total. The van der Waals surface area contributed by atoms with Gasteiger partial charge in [-0.15, -0.1) is 6.58 Å². The van der Waals surface area contributed by atoms with Crippen LogP contribution in [0.3, 0.4) is 0 Å². The first kappa shape index (κ1) is 9.84. The first-order valence-electron chi connectivity index (χ1n) is 5.15. The van der Waals surface area contributed by atoms with Crippen molar-refractivity contribution in [1.29, 1.82) is 0 Å². The molecule has 2 heteroatoms. The van der Waals surface area contributed by atoms with Gasteiger partial charge < -0.3 is 9.55 Å². The topological polar surface area (TPSA) is 20.7 Å². The third-order valence-electron chi connectivity index (χ3n) is 2.62. The largest absolute Gasteiger partial charge is 0.357 e. The summed E-state index contributed by atoms with van der Waals surface area (Å²) in [6.07, 6.45) is 1.92. The Morgan fingerprint density at radius 2 is 2.07 bits per heavy atom. The minimum atomic E-state index is 0.853. The Labute approximate surface area is 90.3 Å². The van der Waals surface area contributed by atoms with Crippen LogP contribution in [-0.2, 0) is 6.54 Å².